The van der Waals surface area contributed by atoms with Gasteiger partial charge in [0.1, 0.15) is 6.04 Å². The second-order valence-corrected chi connectivity index (χ2v) is 9.80. The molecule has 1 fully saturated rings. The van der Waals surface area contributed by atoms with Crippen molar-refractivity contribution in [1.29, 1.82) is 0 Å². The monoisotopic (exact) mass is 473 g/mol. The summed E-state index contributed by atoms with van der Waals surface area (Å²) in [5.74, 6) is 0.447. The van der Waals surface area contributed by atoms with Crippen molar-refractivity contribution in [3.05, 3.63) is 132 Å². The first-order valence-corrected chi connectivity index (χ1v) is 12.7. The Morgan fingerprint density at radius 1 is 0.972 bits per heavy atom. The van der Waals surface area contributed by atoms with Crippen LogP contribution in [0.4, 0.5) is 0 Å². The molecule has 181 valence electrons. The number of allylic oxidation sites excluding steroid dienone is 1. The largest absolute Gasteiger partial charge is 0.343 e. The van der Waals surface area contributed by atoms with Crippen LogP contribution in [0.3, 0.4) is 0 Å². The molecule has 3 heteroatoms. The van der Waals surface area contributed by atoms with Crippen molar-refractivity contribution in [2.75, 3.05) is 13.1 Å². The number of benzene rings is 3. The molecule has 4 aromatic rings. The van der Waals surface area contributed by atoms with Crippen LogP contribution in [0.2, 0.25) is 0 Å². The topological polar surface area (TPSA) is 25.2 Å². The van der Waals surface area contributed by atoms with Gasteiger partial charge < -0.3 is 4.57 Å². The lowest BCUT2D eigenvalue weighted by Crippen LogP contribution is -2.31. The molecule has 1 aliphatic rings. The average molecular weight is 474 g/mol. The lowest BCUT2D eigenvalue weighted by atomic mass is 9.97. The number of para-hydroxylation sites is 1. The van der Waals surface area contributed by atoms with E-state index >= 15 is 0 Å². The number of aryl methyl sites for hydroxylation is 2. The molecule has 1 atom stereocenters. The fourth-order valence-electron chi connectivity index (χ4n) is 5.15. The molecule has 1 aromatic heterocycles. The molecule has 36 heavy (non-hydrogen) atoms. The Morgan fingerprint density at radius 3 is 2.39 bits per heavy atom. The minimum absolute atomic E-state index is 0.0769. The molecule has 0 spiro atoms. The number of hydrogen-bond acceptors (Lipinski definition) is 2. The van der Waals surface area contributed by atoms with Gasteiger partial charge in [-0.25, -0.2) is 0 Å². The molecule has 3 nitrogen and oxygen atoms in total. The first-order valence-electron chi connectivity index (χ1n) is 12.7. The third-order valence-electron chi connectivity index (χ3n) is 7.17. The summed E-state index contributed by atoms with van der Waals surface area (Å²) in [4.78, 5) is 16.0. The number of ketones is 1. The summed E-state index contributed by atoms with van der Waals surface area (Å²) in [5.41, 5.74) is 6.81. The fraction of sp³-hybridized carbons (Fsp3) is 0.212. The second kappa shape index (κ2) is 10.5. The van der Waals surface area contributed by atoms with Gasteiger partial charge in [0.05, 0.1) is 0 Å². The van der Waals surface area contributed by atoms with Gasteiger partial charge in [-0.2, -0.15) is 0 Å². The predicted octanol–water partition coefficient (Wildman–Crippen LogP) is 7.36. The fourth-order valence-corrected chi connectivity index (χ4v) is 5.15. The van der Waals surface area contributed by atoms with Crippen molar-refractivity contribution >= 4 is 22.8 Å². The molecule has 1 radical (unpaired) electrons. The van der Waals surface area contributed by atoms with Gasteiger partial charge >= 0.3 is 0 Å². The van der Waals surface area contributed by atoms with E-state index in [1.807, 2.05) is 43.3 Å². The summed E-state index contributed by atoms with van der Waals surface area (Å²) in [7, 11) is 0. The molecule has 0 N–H and O–H groups in total. The summed E-state index contributed by atoms with van der Waals surface area (Å²) >= 11 is 0. The van der Waals surface area contributed by atoms with Crippen molar-refractivity contribution < 1.29 is 4.79 Å². The lowest BCUT2D eigenvalue weighted by Gasteiger charge is -2.23. The van der Waals surface area contributed by atoms with Crippen molar-refractivity contribution in [2.45, 2.75) is 32.7 Å². The molecule has 1 aliphatic heterocycles. The number of carbonyl (C=O) groups is 1. The minimum atomic E-state index is 0.0769. The van der Waals surface area contributed by atoms with E-state index < -0.39 is 0 Å². The van der Waals surface area contributed by atoms with Crippen LogP contribution >= 0.6 is 0 Å². The number of likely N-dealkylation sites (tertiary alicyclic amines) is 1. The normalized spacial score (nSPS) is 16.4. The average Bonchev–Trinajstić information content (AvgIpc) is 3.51. The number of nitrogens with zero attached hydrogens (tertiary/aromatic N) is 2. The van der Waals surface area contributed by atoms with E-state index in [0.717, 1.165) is 48.8 Å². The first-order chi connectivity index (χ1) is 17.5. The van der Waals surface area contributed by atoms with E-state index in [1.165, 1.54) is 22.0 Å². The van der Waals surface area contributed by atoms with Gasteiger partial charge in [0.25, 0.3) is 0 Å². The van der Waals surface area contributed by atoms with E-state index in [9.17, 15) is 4.79 Å². The van der Waals surface area contributed by atoms with E-state index in [-0.39, 0.29) is 5.78 Å². The molecule has 5 rings (SSSR count). The highest BCUT2D eigenvalue weighted by Crippen LogP contribution is 2.36. The van der Waals surface area contributed by atoms with Gasteiger partial charge in [-0.1, -0.05) is 96.1 Å². The molecule has 3 aromatic carbocycles. The third-order valence-corrected chi connectivity index (χ3v) is 7.17. The maximum Gasteiger partial charge on any atom is 0.189 e. The molecule has 1 saturated heterocycles. The lowest BCUT2D eigenvalue weighted by molar-refractivity contribution is 0.0965. The van der Waals surface area contributed by atoms with Crippen LogP contribution in [0.25, 0.3) is 17.0 Å². The Labute approximate surface area is 214 Å². The number of Topliss-reactive ketones (excluding diaryl/α,β-unsaturated/α-hetero) is 1. The van der Waals surface area contributed by atoms with Crippen LogP contribution in [-0.4, -0.2) is 28.3 Å². The van der Waals surface area contributed by atoms with E-state index in [1.54, 1.807) is 0 Å². The van der Waals surface area contributed by atoms with Gasteiger partial charge in [0.2, 0.25) is 0 Å². The zero-order valence-corrected chi connectivity index (χ0v) is 21.2. The Bertz CT molecular complexity index is 1390. The Hall–Kier alpha value is -3.69. The molecule has 0 aliphatic carbocycles. The Morgan fingerprint density at radius 2 is 1.67 bits per heavy atom. The summed E-state index contributed by atoms with van der Waals surface area (Å²) in [6.07, 6.45) is 9.31. The van der Waals surface area contributed by atoms with Gasteiger partial charge in [-0.05, 0) is 43.4 Å². The van der Waals surface area contributed by atoms with E-state index in [4.69, 9.17) is 0 Å². The molecular weight excluding hydrogens is 440 g/mol. The maximum atomic E-state index is 13.7. The third kappa shape index (κ3) is 4.98. The molecule has 2 heterocycles. The van der Waals surface area contributed by atoms with Crippen LogP contribution in [0.15, 0.2) is 97.7 Å². The van der Waals surface area contributed by atoms with Crippen LogP contribution in [0.5, 0.6) is 0 Å². The number of fused-ring (bicyclic) bond motifs is 1. The zero-order valence-electron chi connectivity index (χ0n) is 21.2. The van der Waals surface area contributed by atoms with Gasteiger partial charge in [-0.3, -0.25) is 9.69 Å². The summed E-state index contributed by atoms with van der Waals surface area (Å²) in [5, 5.41) is 1.30. The van der Waals surface area contributed by atoms with Crippen LogP contribution in [-0.2, 0) is 6.54 Å². The second-order valence-electron chi connectivity index (χ2n) is 9.80. The quantitative estimate of drug-likeness (QED) is 0.197. The SMILES string of the molecule is C=CCn1cc(C2CCN([C](C=Cc3ccc(C)cc3)C(=O)c3ccc(C)cc3)C2)c2ccccc21. The predicted molar refractivity (Wildman–Crippen MR) is 150 cm³/mol. The van der Waals surface area contributed by atoms with Crippen molar-refractivity contribution in [3.8, 4) is 0 Å². The summed E-state index contributed by atoms with van der Waals surface area (Å²) in [6.45, 7) is 10.5. The highest BCUT2D eigenvalue weighted by Gasteiger charge is 2.34. The molecule has 0 amide bonds. The zero-order chi connectivity index (χ0) is 25.1. The Balaban J connectivity index is 1.44. The summed E-state index contributed by atoms with van der Waals surface area (Å²) in [6, 6.07) is 25.7. The summed E-state index contributed by atoms with van der Waals surface area (Å²) < 4.78 is 2.28. The molecule has 1 unspecified atom stereocenters. The van der Waals surface area contributed by atoms with Gasteiger partial charge in [0.15, 0.2) is 5.78 Å². The first kappa shape index (κ1) is 24.0. The van der Waals surface area contributed by atoms with Crippen LogP contribution in [0.1, 0.15) is 45.0 Å². The maximum absolute atomic E-state index is 13.7. The van der Waals surface area contributed by atoms with Crippen LogP contribution in [0, 0.1) is 19.9 Å². The van der Waals surface area contributed by atoms with Crippen molar-refractivity contribution in [1.82, 2.24) is 9.47 Å². The number of rotatable bonds is 8. The Kier molecular flexibility index (Phi) is 7.02. The molecular formula is C33H33N2O. The van der Waals surface area contributed by atoms with Crippen molar-refractivity contribution in [3.63, 3.8) is 0 Å². The number of carbonyl (C=O) groups excluding carboxylic acids is 1. The van der Waals surface area contributed by atoms with Gasteiger partial charge in [-0.15, -0.1) is 6.58 Å². The molecule has 0 saturated carbocycles. The number of aromatic nitrogens is 1. The standard InChI is InChI=1S/C33H33N2O/c1-4-20-34-23-30(29-7-5-6-8-31(29)34)28-19-21-35(22-28)32(18-15-26-13-9-24(2)10-14-26)33(36)27-16-11-25(3)12-17-27/h4-18,23,28H,1,19-22H2,2-3H3. The van der Waals surface area contributed by atoms with Crippen molar-refractivity contribution in [2.24, 2.45) is 0 Å². The highest BCUT2D eigenvalue weighted by molar-refractivity contribution is 6.08. The van der Waals surface area contributed by atoms with E-state index in [2.05, 4.69) is 83.8 Å². The van der Waals surface area contributed by atoms with Crippen LogP contribution < -0.4 is 0 Å². The molecule has 0 bridgehead atoms. The number of hydrogen-bond donors (Lipinski definition) is 0. The smallest absolute Gasteiger partial charge is 0.189 e. The minimum Gasteiger partial charge on any atom is -0.343 e. The van der Waals surface area contributed by atoms with Gasteiger partial charge in [0, 0.05) is 42.3 Å². The highest BCUT2D eigenvalue weighted by atomic mass is 16.1. The van der Waals surface area contributed by atoms with E-state index in [0.29, 0.717) is 5.92 Å².